The Morgan fingerprint density at radius 3 is 3.07 bits per heavy atom. The van der Waals surface area contributed by atoms with Crippen LogP contribution in [0.25, 0.3) is 0 Å². The van der Waals surface area contributed by atoms with E-state index >= 15 is 0 Å². The average molecular weight is 191 g/mol. The first-order valence-corrected chi connectivity index (χ1v) is 4.75. The molecule has 1 heterocycles. The standard InChI is InChI=1S/C10H13N3O/c11-6-7-3-4-12-9(5-7)10(14)13-8-1-2-8/h3-5,8H,1-2,6,11H2,(H,13,14). The van der Waals surface area contributed by atoms with E-state index in [-0.39, 0.29) is 5.91 Å². The zero-order valence-corrected chi connectivity index (χ0v) is 7.86. The summed E-state index contributed by atoms with van der Waals surface area (Å²) in [6.07, 6.45) is 3.79. The fraction of sp³-hybridized carbons (Fsp3) is 0.400. The Morgan fingerprint density at radius 1 is 1.64 bits per heavy atom. The van der Waals surface area contributed by atoms with Crippen LogP contribution in [0.1, 0.15) is 28.9 Å². The molecular formula is C10H13N3O. The van der Waals surface area contributed by atoms with E-state index < -0.39 is 0 Å². The normalized spacial score (nSPS) is 15.2. The molecule has 1 aromatic heterocycles. The van der Waals surface area contributed by atoms with Gasteiger partial charge in [-0.1, -0.05) is 0 Å². The summed E-state index contributed by atoms with van der Waals surface area (Å²) in [7, 11) is 0. The van der Waals surface area contributed by atoms with Gasteiger partial charge in [0.15, 0.2) is 0 Å². The number of nitrogens with zero attached hydrogens (tertiary/aromatic N) is 1. The minimum Gasteiger partial charge on any atom is -0.348 e. The number of nitrogens with one attached hydrogen (secondary N) is 1. The highest BCUT2D eigenvalue weighted by atomic mass is 16.2. The van der Waals surface area contributed by atoms with Gasteiger partial charge in [-0.3, -0.25) is 9.78 Å². The monoisotopic (exact) mass is 191 g/mol. The smallest absolute Gasteiger partial charge is 0.270 e. The molecule has 1 aromatic rings. The number of carbonyl (C=O) groups excluding carboxylic acids is 1. The molecule has 14 heavy (non-hydrogen) atoms. The highest BCUT2D eigenvalue weighted by Gasteiger charge is 2.24. The lowest BCUT2D eigenvalue weighted by atomic mass is 10.2. The molecule has 74 valence electrons. The van der Waals surface area contributed by atoms with Crippen molar-refractivity contribution in [1.29, 1.82) is 0 Å². The molecule has 0 spiro atoms. The van der Waals surface area contributed by atoms with Gasteiger partial charge in [0.2, 0.25) is 0 Å². The Labute approximate surface area is 82.5 Å². The number of hydrogen-bond acceptors (Lipinski definition) is 3. The summed E-state index contributed by atoms with van der Waals surface area (Å²) in [5.41, 5.74) is 6.86. The van der Waals surface area contributed by atoms with Crippen LogP contribution in [0.3, 0.4) is 0 Å². The lowest BCUT2D eigenvalue weighted by Gasteiger charge is -2.03. The Kier molecular flexibility index (Phi) is 2.45. The molecule has 0 aliphatic heterocycles. The van der Waals surface area contributed by atoms with Crippen molar-refractivity contribution < 1.29 is 4.79 Å². The van der Waals surface area contributed by atoms with Crippen molar-refractivity contribution in [2.75, 3.05) is 0 Å². The molecule has 1 amide bonds. The zero-order valence-electron chi connectivity index (χ0n) is 7.86. The molecule has 0 atom stereocenters. The second kappa shape index (κ2) is 3.75. The molecule has 1 saturated carbocycles. The van der Waals surface area contributed by atoms with Gasteiger partial charge < -0.3 is 11.1 Å². The van der Waals surface area contributed by atoms with E-state index in [4.69, 9.17) is 5.73 Å². The number of rotatable bonds is 3. The summed E-state index contributed by atoms with van der Waals surface area (Å²) < 4.78 is 0. The van der Waals surface area contributed by atoms with Crippen LogP contribution in [0.2, 0.25) is 0 Å². The maximum absolute atomic E-state index is 11.5. The summed E-state index contributed by atoms with van der Waals surface area (Å²) in [4.78, 5) is 15.5. The van der Waals surface area contributed by atoms with Crippen molar-refractivity contribution in [3.05, 3.63) is 29.6 Å². The fourth-order valence-electron chi connectivity index (χ4n) is 1.21. The third-order valence-electron chi connectivity index (χ3n) is 2.21. The first-order valence-electron chi connectivity index (χ1n) is 4.75. The van der Waals surface area contributed by atoms with E-state index in [1.54, 1.807) is 12.3 Å². The lowest BCUT2D eigenvalue weighted by Crippen LogP contribution is -2.26. The lowest BCUT2D eigenvalue weighted by molar-refractivity contribution is 0.0946. The van der Waals surface area contributed by atoms with Crippen LogP contribution < -0.4 is 11.1 Å². The van der Waals surface area contributed by atoms with Crippen LogP contribution in [-0.2, 0) is 6.54 Å². The average Bonchev–Trinajstić information content (AvgIpc) is 3.02. The third-order valence-corrected chi connectivity index (χ3v) is 2.21. The van der Waals surface area contributed by atoms with Crippen molar-refractivity contribution in [3.63, 3.8) is 0 Å². The molecular weight excluding hydrogens is 178 g/mol. The fourth-order valence-corrected chi connectivity index (χ4v) is 1.21. The van der Waals surface area contributed by atoms with Crippen LogP contribution in [0.15, 0.2) is 18.3 Å². The minimum absolute atomic E-state index is 0.0946. The second-order valence-corrected chi connectivity index (χ2v) is 3.50. The molecule has 0 saturated heterocycles. The summed E-state index contributed by atoms with van der Waals surface area (Å²) in [5, 5.41) is 2.88. The molecule has 0 unspecified atom stereocenters. The van der Waals surface area contributed by atoms with Gasteiger partial charge in [0.05, 0.1) is 0 Å². The molecule has 0 bridgehead atoms. The Hall–Kier alpha value is -1.42. The van der Waals surface area contributed by atoms with Gasteiger partial charge in [-0.05, 0) is 30.5 Å². The molecule has 0 aromatic carbocycles. The first kappa shape index (κ1) is 9.15. The Balaban J connectivity index is 2.09. The number of pyridine rings is 1. The van der Waals surface area contributed by atoms with Gasteiger partial charge in [-0.25, -0.2) is 0 Å². The summed E-state index contributed by atoms with van der Waals surface area (Å²) in [6.45, 7) is 0.437. The van der Waals surface area contributed by atoms with Gasteiger partial charge in [0, 0.05) is 18.8 Å². The minimum atomic E-state index is -0.0946. The second-order valence-electron chi connectivity index (χ2n) is 3.50. The molecule has 3 N–H and O–H groups in total. The van der Waals surface area contributed by atoms with E-state index in [0.29, 0.717) is 18.3 Å². The molecule has 4 heteroatoms. The number of hydrogen-bond donors (Lipinski definition) is 2. The Morgan fingerprint density at radius 2 is 2.43 bits per heavy atom. The topological polar surface area (TPSA) is 68.0 Å². The summed E-state index contributed by atoms with van der Waals surface area (Å²) in [6, 6.07) is 3.91. The van der Waals surface area contributed by atoms with Gasteiger partial charge in [-0.2, -0.15) is 0 Å². The van der Waals surface area contributed by atoms with E-state index in [1.165, 1.54) is 0 Å². The van der Waals surface area contributed by atoms with Crippen LogP contribution in [0, 0.1) is 0 Å². The van der Waals surface area contributed by atoms with E-state index in [9.17, 15) is 4.79 Å². The molecule has 4 nitrogen and oxygen atoms in total. The highest BCUT2D eigenvalue weighted by molar-refractivity contribution is 5.92. The van der Waals surface area contributed by atoms with Crippen molar-refractivity contribution >= 4 is 5.91 Å². The van der Waals surface area contributed by atoms with E-state index in [2.05, 4.69) is 10.3 Å². The number of aromatic nitrogens is 1. The van der Waals surface area contributed by atoms with Crippen molar-refractivity contribution in [2.24, 2.45) is 5.73 Å². The predicted molar refractivity (Wildman–Crippen MR) is 52.6 cm³/mol. The maximum atomic E-state index is 11.5. The molecule has 0 radical (unpaired) electrons. The zero-order chi connectivity index (χ0) is 9.97. The first-order chi connectivity index (χ1) is 6.79. The Bertz CT molecular complexity index is 347. The van der Waals surface area contributed by atoms with Gasteiger partial charge in [-0.15, -0.1) is 0 Å². The maximum Gasteiger partial charge on any atom is 0.270 e. The van der Waals surface area contributed by atoms with Crippen molar-refractivity contribution in [2.45, 2.75) is 25.4 Å². The van der Waals surface area contributed by atoms with Crippen LogP contribution in [0.5, 0.6) is 0 Å². The predicted octanol–water partition coefficient (Wildman–Crippen LogP) is 0.432. The largest absolute Gasteiger partial charge is 0.348 e. The molecule has 1 aliphatic rings. The van der Waals surface area contributed by atoms with E-state index in [0.717, 1.165) is 18.4 Å². The van der Waals surface area contributed by atoms with Crippen LogP contribution in [-0.4, -0.2) is 16.9 Å². The SMILES string of the molecule is NCc1ccnc(C(=O)NC2CC2)c1. The number of carbonyl (C=O) groups is 1. The molecule has 2 rings (SSSR count). The molecule has 1 fully saturated rings. The van der Waals surface area contributed by atoms with Crippen molar-refractivity contribution in [3.8, 4) is 0 Å². The van der Waals surface area contributed by atoms with Crippen LogP contribution in [0.4, 0.5) is 0 Å². The third kappa shape index (κ3) is 2.09. The van der Waals surface area contributed by atoms with Gasteiger partial charge >= 0.3 is 0 Å². The summed E-state index contributed by atoms with van der Waals surface area (Å²) >= 11 is 0. The van der Waals surface area contributed by atoms with Gasteiger partial charge in [0.25, 0.3) is 5.91 Å². The molecule has 1 aliphatic carbocycles. The van der Waals surface area contributed by atoms with E-state index in [1.807, 2.05) is 6.07 Å². The van der Waals surface area contributed by atoms with Crippen LogP contribution >= 0.6 is 0 Å². The van der Waals surface area contributed by atoms with Gasteiger partial charge in [0.1, 0.15) is 5.69 Å². The van der Waals surface area contributed by atoms with Crippen molar-refractivity contribution in [1.82, 2.24) is 10.3 Å². The summed E-state index contributed by atoms with van der Waals surface area (Å²) in [5.74, 6) is -0.0946. The highest BCUT2D eigenvalue weighted by Crippen LogP contribution is 2.19. The number of nitrogens with two attached hydrogens (primary N) is 1. The quantitative estimate of drug-likeness (QED) is 0.728. The number of amides is 1.